The van der Waals surface area contributed by atoms with Gasteiger partial charge in [-0.25, -0.2) is 18.9 Å². The number of nitrogens with zero attached hydrogens (tertiary/aromatic N) is 4. The van der Waals surface area contributed by atoms with E-state index >= 15 is 0 Å². The molecule has 4 aromatic rings. The molecule has 4 heterocycles. The van der Waals surface area contributed by atoms with E-state index in [0.717, 1.165) is 16.2 Å². The van der Waals surface area contributed by atoms with E-state index in [2.05, 4.69) is 9.97 Å². The van der Waals surface area contributed by atoms with E-state index in [9.17, 15) is 9.90 Å². The molecule has 25 heavy (non-hydrogen) atoms. The molecule has 10 heteroatoms. The Kier molecular flexibility index (Phi) is 4.20. The fourth-order valence-corrected chi connectivity index (χ4v) is 4.25. The molecule has 6 nitrogen and oxygen atoms in total. The first-order valence-corrected chi connectivity index (χ1v) is 9.45. The quantitative estimate of drug-likeness (QED) is 0.382. The van der Waals surface area contributed by atoms with Crippen molar-refractivity contribution in [3.63, 3.8) is 0 Å². The maximum absolute atomic E-state index is 12.9. The van der Waals surface area contributed by atoms with Crippen LogP contribution in [0.2, 0.25) is 8.93 Å². The smallest absolute Gasteiger partial charge is 0.286 e. The molecular weight excluding hydrogens is 403 g/mol. The number of hydrogen-bond acceptors (Lipinski definition) is 6. The molecule has 0 unspecified atom stereocenters. The number of aromatic nitrogens is 4. The van der Waals surface area contributed by atoms with Gasteiger partial charge in [-0.1, -0.05) is 29.3 Å². The highest BCUT2D eigenvalue weighted by atomic mass is 35.5. The lowest BCUT2D eigenvalue weighted by molar-refractivity contribution is -0.582. The number of fused-ring (bicyclic) bond motifs is 1. The Morgan fingerprint density at radius 2 is 2.16 bits per heavy atom. The molecule has 0 aromatic carbocycles. The van der Waals surface area contributed by atoms with Gasteiger partial charge in [-0.05, 0) is 6.07 Å². The van der Waals surface area contributed by atoms with Crippen molar-refractivity contribution in [1.29, 1.82) is 0 Å². The van der Waals surface area contributed by atoms with E-state index in [1.54, 1.807) is 40.5 Å². The molecule has 0 atom stereocenters. The predicted molar refractivity (Wildman–Crippen MR) is 93.8 cm³/mol. The Morgan fingerprint density at radius 3 is 2.84 bits per heavy atom. The highest BCUT2D eigenvalue weighted by Crippen LogP contribution is 2.25. The van der Waals surface area contributed by atoms with Gasteiger partial charge in [-0.3, -0.25) is 4.79 Å². The summed E-state index contributed by atoms with van der Waals surface area (Å²) >= 11 is 14.2. The van der Waals surface area contributed by atoms with Crippen molar-refractivity contribution in [1.82, 2.24) is 14.5 Å². The number of hydrogen-bond donors (Lipinski definition) is 0. The first-order chi connectivity index (χ1) is 12.0. The fraction of sp³-hybridized carbons (Fsp3) is 0.0667. The lowest BCUT2D eigenvalue weighted by atomic mass is 10.2. The topological polar surface area (TPSA) is 74.9 Å². The van der Waals surface area contributed by atoms with Crippen molar-refractivity contribution in [2.24, 2.45) is 0 Å². The number of ketones is 1. The summed E-state index contributed by atoms with van der Waals surface area (Å²) in [5.74, 6) is -0.868. The molecule has 4 rings (SSSR count). The van der Waals surface area contributed by atoms with Crippen LogP contribution in [0.25, 0.3) is 5.65 Å². The fourth-order valence-electron chi connectivity index (χ4n) is 2.54. The Bertz CT molecular complexity index is 1100. The van der Waals surface area contributed by atoms with Crippen LogP contribution in [-0.2, 0) is 6.54 Å². The summed E-state index contributed by atoms with van der Waals surface area (Å²) in [6.07, 6.45) is 3.25. The number of rotatable bonds is 4. The summed E-state index contributed by atoms with van der Waals surface area (Å²) in [5.41, 5.74) is 0.776. The van der Waals surface area contributed by atoms with Gasteiger partial charge in [-0.15, -0.1) is 22.7 Å². The van der Waals surface area contributed by atoms with Crippen LogP contribution >= 0.6 is 45.9 Å². The number of carbonyl (C=O) groups is 1. The Balaban J connectivity index is 1.91. The van der Waals surface area contributed by atoms with Gasteiger partial charge in [0.05, 0.1) is 11.1 Å². The molecule has 0 saturated carbocycles. The minimum atomic E-state index is -0.465. The zero-order valence-electron chi connectivity index (χ0n) is 12.3. The van der Waals surface area contributed by atoms with Gasteiger partial charge >= 0.3 is 0 Å². The maximum atomic E-state index is 12.9. The third-order valence-corrected chi connectivity index (χ3v) is 5.65. The SMILES string of the molecule is O=C(c1csc(Cl)n1)c1c([O-])[n+]2ccccc2n1Cc1cnc(Cl)s1. The second-order valence-corrected chi connectivity index (χ2v) is 8.20. The van der Waals surface area contributed by atoms with Gasteiger partial charge in [0.15, 0.2) is 8.93 Å². The normalized spacial score (nSPS) is 11.3. The highest BCUT2D eigenvalue weighted by molar-refractivity contribution is 7.15. The molecule has 0 saturated heterocycles. The lowest BCUT2D eigenvalue weighted by Crippen LogP contribution is -2.24. The van der Waals surface area contributed by atoms with Crippen LogP contribution in [0.4, 0.5) is 0 Å². The molecule has 126 valence electrons. The molecule has 0 aliphatic rings. The van der Waals surface area contributed by atoms with Gasteiger partial charge in [0.2, 0.25) is 5.69 Å². The Morgan fingerprint density at radius 1 is 1.32 bits per heavy atom. The standard InChI is InChI=1S/C15H8Cl2N4O2S2/c16-14-18-5-8(25-14)6-21-10-3-1-2-4-20(10)13(23)11(21)12(22)9-7-24-15(17)19-9/h1-5,7H,6H2. The first-order valence-electron chi connectivity index (χ1n) is 7.00. The second-order valence-electron chi connectivity index (χ2n) is 5.06. The molecule has 0 fully saturated rings. The summed E-state index contributed by atoms with van der Waals surface area (Å²) in [7, 11) is 0. The molecule has 0 bridgehead atoms. The summed E-state index contributed by atoms with van der Waals surface area (Å²) < 4.78 is 3.74. The minimum absolute atomic E-state index is 0.0256. The zero-order valence-corrected chi connectivity index (χ0v) is 15.5. The van der Waals surface area contributed by atoms with Crippen LogP contribution in [0, 0.1) is 0 Å². The van der Waals surface area contributed by atoms with E-state index in [-0.39, 0.29) is 15.9 Å². The number of imidazole rings is 1. The van der Waals surface area contributed by atoms with Gasteiger partial charge in [0, 0.05) is 17.6 Å². The van der Waals surface area contributed by atoms with Crippen LogP contribution in [0.5, 0.6) is 5.88 Å². The molecule has 0 aliphatic carbocycles. The van der Waals surface area contributed by atoms with E-state index in [4.69, 9.17) is 23.2 Å². The van der Waals surface area contributed by atoms with Crippen LogP contribution in [-0.4, -0.2) is 20.3 Å². The van der Waals surface area contributed by atoms with Gasteiger partial charge < -0.3 is 5.11 Å². The van der Waals surface area contributed by atoms with Crippen LogP contribution < -0.4 is 9.51 Å². The van der Waals surface area contributed by atoms with E-state index in [0.29, 0.717) is 16.7 Å². The second kappa shape index (κ2) is 6.38. The average Bonchev–Trinajstić information content (AvgIpc) is 3.28. The molecule has 0 spiro atoms. The number of carbonyl (C=O) groups excluding carboxylic acids is 1. The van der Waals surface area contributed by atoms with Crippen molar-refractivity contribution in [3.05, 3.63) is 61.2 Å². The van der Waals surface area contributed by atoms with Gasteiger partial charge in [0.25, 0.3) is 11.4 Å². The third kappa shape index (κ3) is 2.91. The summed E-state index contributed by atoms with van der Waals surface area (Å²) in [5, 5.41) is 14.3. The zero-order chi connectivity index (χ0) is 17.6. The van der Waals surface area contributed by atoms with Crippen LogP contribution in [0.15, 0.2) is 36.0 Å². The molecule has 0 amide bonds. The van der Waals surface area contributed by atoms with Crippen molar-refractivity contribution < 1.29 is 14.3 Å². The van der Waals surface area contributed by atoms with Crippen molar-refractivity contribution in [3.8, 4) is 5.88 Å². The summed E-state index contributed by atoms with van der Waals surface area (Å²) in [6, 6.07) is 5.31. The highest BCUT2D eigenvalue weighted by Gasteiger charge is 2.28. The van der Waals surface area contributed by atoms with Crippen molar-refractivity contribution in [2.75, 3.05) is 0 Å². The van der Waals surface area contributed by atoms with Crippen molar-refractivity contribution >= 4 is 57.3 Å². The van der Waals surface area contributed by atoms with Gasteiger partial charge in [-0.2, -0.15) is 0 Å². The summed E-state index contributed by atoms with van der Waals surface area (Å²) in [6.45, 7) is 0.305. The first kappa shape index (κ1) is 16.5. The number of thiazole rings is 2. The van der Waals surface area contributed by atoms with Gasteiger partial charge in [0.1, 0.15) is 18.1 Å². The van der Waals surface area contributed by atoms with E-state index in [1.165, 1.54) is 15.7 Å². The minimum Gasteiger partial charge on any atom is -0.839 e. The molecule has 0 radical (unpaired) electrons. The number of halogens is 2. The van der Waals surface area contributed by atoms with Crippen LogP contribution in [0.1, 0.15) is 21.1 Å². The van der Waals surface area contributed by atoms with Crippen LogP contribution in [0.3, 0.4) is 0 Å². The maximum Gasteiger partial charge on any atom is 0.286 e. The molecular formula is C15H8Cl2N4O2S2. The van der Waals surface area contributed by atoms with E-state index < -0.39 is 11.7 Å². The Hall–Kier alpha value is -2.00. The largest absolute Gasteiger partial charge is 0.839 e. The lowest BCUT2D eigenvalue weighted by Gasteiger charge is -2.03. The third-order valence-electron chi connectivity index (χ3n) is 3.57. The average molecular weight is 411 g/mol. The molecule has 0 aliphatic heterocycles. The number of pyridine rings is 1. The molecule has 4 aromatic heterocycles. The predicted octanol–water partition coefficient (Wildman–Crippen LogP) is 2.80. The Labute approximate surface area is 159 Å². The molecule has 0 N–H and O–H groups in total. The monoisotopic (exact) mass is 410 g/mol. The van der Waals surface area contributed by atoms with Crippen molar-refractivity contribution in [2.45, 2.75) is 6.54 Å². The van der Waals surface area contributed by atoms with E-state index in [1.807, 2.05) is 0 Å². The summed E-state index contributed by atoms with van der Waals surface area (Å²) in [4.78, 5) is 21.7.